The summed E-state index contributed by atoms with van der Waals surface area (Å²) < 4.78 is 91.3. The molecule has 0 aliphatic rings. The Kier molecular flexibility index (Phi) is 7.46. The van der Waals surface area contributed by atoms with Gasteiger partial charge in [0.15, 0.2) is 5.82 Å². The molecule has 0 atom stereocenters. The van der Waals surface area contributed by atoms with Crippen molar-refractivity contribution in [3.63, 3.8) is 0 Å². The number of nitrogens with two attached hydrogens (primary N) is 1. The zero-order chi connectivity index (χ0) is 26.8. The zero-order valence-corrected chi connectivity index (χ0v) is 19.6. The summed E-state index contributed by atoms with van der Waals surface area (Å²) in [5.74, 6) is -1.78. The first-order chi connectivity index (χ1) is 16.6. The van der Waals surface area contributed by atoms with Crippen LogP contribution in [0.15, 0.2) is 56.4 Å². The molecule has 36 heavy (non-hydrogen) atoms. The van der Waals surface area contributed by atoms with Crippen LogP contribution in [0.4, 0.5) is 42.1 Å². The van der Waals surface area contributed by atoms with E-state index in [1.165, 1.54) is 18.2 Å². The summed E-state index contributed by atoms with van der Waals surface area (Å²) in [6.45, 7) is 0. The average Bonchev–Trinajstić information content (AvgIpc) is 2.75. The van der Waals surface area contributed by atoms with Crippen molar-refractivity contribution >= 4 is 66.4 Å². The van der Waals surface area contributed by atoms with Gasteiger partial charge in [-0.2, -0.15) is 35.6 Å². The van der Waals surface area contributed by atoms with E-state index >= 15 is 0 Å². The fourth-order valence-corrected chi connectivity index (χ4v) is 3.96. The summed E-state index contributed by atoms with van der Waals surface area (Å²) in [6, 6.07) is 4.71. The first-order valence-corrected chi connectivity index (χ1v) is 12.3. The number of urea groups is 1. The van der Waals surface area contributed by atoms with Gasteiger partial charge in [0.05, 0.1) is 10.6 Å². The highest BCUT2D eigenvalue weighted by molar-refractivity contribution is 7.86. The molecule has 0 saturated heterocycles. The predicted molar refractivity (Wildman–Crippen MR) is 120 cm³/mol. The normalized spacial score (nSPS) is 12.0. The van der Waals surface area contributed by atoms with Crippen LogP contribution in [0.5, 0.6) is 0 Å². The van der Waals surface area contributed by atoms with E-state index in [1.54, 1.807) is 0 Å². The number of anilines is 3. The molecule has 0 unspecified atom stereocenters. The number of carbonyl (C=O) groups excluding carboxylic acids is 1. The molecule has 0 bridgehead atoms. The summed E-state index contributed by atoms with van der Waals surface area (Å²) in [6.07, 6.45) is -1.41. The Bertz CT molecular complexity index is 1620. The molecule has 0 radical (unpaired) electrons. The number of amides is 2. The maximum Gasteiger partial charge on any atom is 0.316 e. The molecule has 0 spiro atoms. The second-order valence-corrected chi connectivity index (χ2v) is 9.76. The second kappa shape index (κ2) is 10.0. The number of carbonyl (C=O) groups is 1. The van der Waals surface area contributed by atoms with Gasteiger partial charge in [0.25, 0.3) is 20.2 Å². The molecule has 19 heteroatoms. The topological polar surface area (TPSA) is 226 Å². The highest BCUT2D eigenvalue weighted by atomic mass is 35.5. The lowest BCUT2D eigenvalue weighted by atomic mass is 10.2. The minimum atomic E-state index is -5.02. The molecule has 1 aromatic heterocycles. The molecular formula is C17H12ClF2N7O7S2. The minimum Gasteiger partial charge on any atom is -0.351 e. The Hall–Kier alpha value is -3.84. The molecule has 0 aliphatic heterocycles. The fraction of sp³-hybridized carbons (Fsp3) is 0. The Morgan fingerprint density at radius 3 is 2.22 bits per heavy atom. The smallest absolute Gasteiger partial charge is 0.316 e. The van der Waals surface area contributed by atoms with E-state index in [-0.39, 0.29) is 17.1 Å². The van der Waals surface area contributed by atoms with Gasteiger partial charge in [0.1, 0.15) is 21.3 Å². The molecule has 6 N–H and O–H groups in total. The first kappa shape index (κ1) is 26.8. The van der Waals surface area contributed by atoms with E-state index in [0.29, 0.717) is 6.07 Å². The number of azo groups is 1. The molecule has 2 amide bonds. The number of rotatable bonds is 7. The maximum atomic E-state index is 13.6. The second-order valence-electron chi connectivity index (χ2n) is 6.57. The standard InChI is InChI=1S/C17H12ClF2N7O7S2/c18-13-14(19)24-16(20)25-15(13)22-7-1-3-9(11(5-7)23-17(21)28)26-27-10-4-2-8(35(29,30)31)6-12(10)36(32,33)34/h1-6H,(H3,21,23,28)(H,22,24,25)(H,29,30,31)(H,32,33,34). The van der Waals surface area contributed by atoms with Crippen LogP contribution in [0.3, 0.4) is 0 Å². The molecule has 190 valence electrons. The zero-order valence-electron chi connectivity index (χ0n) is 17.2. The van der Waals surface area contributed by atoms with Crippen molar-refractivity contribution in [3.05, 3.63) is 53.4 Å². The molecule has 3 aromatic rings. The lowest BCUT2D eigenvalue weighted by Crippen LogP contribution is -2.19. The van der Waals surface area contributed by atoms with Crippen molar-refractivity contribution < 1.29 is 39.5 Å². The van der Waals surface area contributed by atoms with Gasteiger partial charge >= 0.3 is 12.1 Å². The van der Waals surface area contributed by atoms with Crippen LogP contribution in [-0.4, -0.2) is 41.9 Å². The first-order valence-electron chi connectivity index (χ1n) is 9.02. The Balaban J connectivity index is 2.04. The van der Waals surface area contributed by atoms with Crippen molar-refractivity contribution in [3.8, 4) is 0 Å². The Labute approximate surface area is 205 Å². The number of benzene rings is 2. The predicted octanol–water partition coefficient (Wildman–Crippen LogP) is 3.55. The van der Waals surface area contributed by atoms with Crippen LogP contribution in [-0.2, 0) is 20.2 Å². The van der Waals surface area contributed by atoms with Gasteiger partial charge in [-0.25, -0.2) is 4.79 Å². The van der Waals surface area contributed by atoms with Gasteiger partial charge < -0.3 is 16.4 Å². The SMILES string of the molecule is NC(=O)Nc1cc(Nc2nc(F)nc(F)c2Cl)ccc1N=Nc1ccc(S(=O)(=O)O)cc1S(=O)(=O)O. The van der Waals surface area contributed by atoms with E-state index in [9.17, 15) is 35.0 Å². The molecule has 1 heterocycles. The molecule has 0 saturated carbocycles. The van der Waals surface area contributed by atoms with E-state index < -0.39 is 64.6 Å². The molecular weight excluding hydrogens is 552 g/mol. The highest BCUT2D eigenvalue weighted by Gasteiger charge is 2.21. The van der Waals surface area contributed by atoms with E-state index in [1.807, 2.05) is 0 Å². The number of halogens is 3. The molecule has 0 fully saturated rings. The third kappa shape index (κ3) is 6.43. The quantitative estimate of drug-likeness (QED) is 0.121. The lowest BCUT2D eigenvalue weighted by Gasteiger charge is -2.11. The van der Waals surface area contributed by atoms with Crippen molar-refractivity contribution in [2.75, 3.05) is 10.6 Å². The third-order valence-corrected chi connectivity index (χ3v) is 6.14. The Morgan fingerprint density at radius 1 is 0.972 bits per heavy atom. The average molecular weight is 564 g/mol. The van der Waals surface area contributed by atoms with E-state index in [4.69, 9.17) is 21.9 Å². The summed E-state index contributed by atoms with van der Waals surface area (Å²) in [4.78, 5) is 15.7. The lowest BCUT2D eigenvalue weighted by molar-refractivity contribution is 0.259. The summed E-state index contributed by atoms with van der Waals surface area (Å²) in [7, 11) is -9.83. The summed E-state index contributed by atoms with van der Waals surface area (Å²) in [5, 5.41) is 11.5. The number of nitrogens with zero attached hydrogens (tertiary/aromatic N) is 4. The van der Waals surface area contributed by atoms with E-state index in [2.05, 4.69) is 30.8 Å². The van der Waals surface area contributed by atoms with Crippen molar-refractivity contribution in [1.82, 2.24) is 9.97 Å². The molecule has 2 aromatic carbocycles. The number of hydrogen-bond donors (Lipinski definition) is 5. The van der Waals surface area contributed by atoms with Crippen LogP contribution < -0.4 is 16.4 Å². The minimum absolute atomic E-state index is 0.0771. The van der Waals surface area contributed by atoms with E-state index in [0.717, 1.165) is 12.1 Å². The van der Waals surface area contributed by atoms with Gasteiger partial charge in [0, 0.05) is 5.69 Å². The van der Waals surface area contributed by atoms with Crippen LogP contribution in [0, 0.1) is 12.0 Å². The van der Waals surface area contributed by atoms with Crippen LogP contribution >= 0.6 is 11.6 Å². The largest absolute Gasteiger partial charge is 0.351 e. The Morgan fingerprint density at radius 2 is 1.61 bits per heavy atom. The van der Waals surface area contributed by atoms with Gasteiger partial charge in [-0.05, 0) is 36.4 Å². The van der Waals surface area contributed by atoms with Gasteiger partial charge in [-0.1, -0.05) is 11.6 Å². The van der Waals surface area contributed by atoms with Crippen molar-refractivity contribution in [1.29, 1.82) is 0 Å². The third-order valence-electron chi connectivity index (χ3n) is 4.07. The van der Waals surface area contributed by atoms with Gasteiger partial charge in [-0.15, -0.1) is 10.2 Å². The molecule has 0 aliphatic carbocycles. The maximum absolute atomic E-state index is 13.6. The number of hydrogen-bond acceptors (Lipinski definition) is 10. The summed E-state index contributed by atoms with van der Waals surface area (Å²) in [5.41, 5.74) is 4.41. The van der Waals surface area contributed by atoms with Gasteiger partial charge in [-0.3, -0.25) is 9.11 Å². The number of primary amides is 1. The van der Waals surface area contributed by atoms with Crippen LogP contribution in [0.1, 0.15) is 0 Å². The van der Waals surface area contributed by atoms with Crippen molar-refractivity contribution in [2.45, 2.75) is 9.79 Å². The van der Waals surface area contributed by atoms with Gasteiger partial charge in [0.2, 0.25) is 5.95 Å². The molecule has 14 nitrogen and oxygen atoms in total. The van der Waals surface area contributed by atoms with Crippen LogP contribution in [0.2, 0.25) is 5.02 Å². The van der Waals surface area contributed by atoms with Crippen molar-refractivity contribution in [2.24, 2.45) is 16.0 Å². The highest BCUT2D eigenvalue weighted by Crippen LogP contribution is 2.34. The van der Waals surface area contributed by atoms with Crippen LogP contribution in [0.25, 0.3) is 0 Å². The monoisotopic (exact) mass is 563 g/mol. The number of nitrogens with one attached hydrogen (secondary N) is 2. The fourth-order valence-electron chi connectivity index (χ4n) is 2.60. The number of aromatic nitrogens is 2. The molecule has 3 rings (SSSR count). The summed E-state index contributed by atoms with van der Waals surface area (Å²) >= 11 is 5.70.